The van der Waals surface area contributed by atoms with Gasteiger partial charge in [-0.25, -0.2) is 4.79 Å². The Balaban J connectivity index is 2.08. The second-order valence-electron chi connectivity index (χ2n) is 7.21. The van der Waals surface area contributed by atoms with Gasteiger partial charge in [0.1, 0.15) is 12.7 Å². The predicted molar refractivity (Wildman–Crippen MR) is 102 cm³/mol. The topological polar surface area (TPSA) is 70.0 Å². The van der Waals surface area contributed by atoms with Crippen molar-refractivity contribution in [3.63, 3.8) is 0 Å². The quantitative estimate of drug-likeness (QED) is 0.660. The average Bonchev–Trinajstić information content (AvgIpc) is 2.70. The molecule has 0 unspecified atom stereocenters. The molecule has 0 aromatic heterocycles. The molecule has 1 fully saturated rings. The van der Waals surface area contributed by atoms with Crippen LogP contribution in [0.15, 0.2) is 30.3 Å². The lowest BCUT2D eigenvalue weighted by molar-refractivity contribution is -0.178. The highest BCUT2D eigenvalue weighted by molar-refractivity contribution is 5.81. The van der Waals surface area contributed by atoms with E-state index in [2.05, 4.69) is 4.90 Å². The molecule has 146 valence electrons. The van der Waals surface area contributed by atoms with Crippen LogP contribution in [0.5, 0.6) is 0 Å². The molecule has 1 saturated carbocycles. The van der Waals surface area contributed by atoms with Gasteiger partial charge in [0.25, 0.3) is 0 Å². The zero-order valence-corrected chi connectivity index (χ0v) is 16.1. The van der Waals surface area contributed by atoms with Gasteiger partial charge >= 0.3 is 5.97 Å². The smallest absolute Gasteiger partial charge is 0.343 e. The lowest BCUT2D eigenvalue weighted by Gasteiger charge is -2.37. The molecule has 0 heterocycles. The molecule has 1 aliphatic rings. The van der Waals surface area contributed by atoms with Crippen LogP contribution < -0.4 is 0 Å². The first-order chi connectivity index (χ1) is 12.5. The molecule has 2 N–H and O–H groups in total. The van der Waals surface area contributed by atoms with E-state index in [4.69, 9.17) is 4.74 Å². The third-order valence-electron chi connectivity index (χ3n) is 5.49. The summed E-state index contributed by atoms with van der Waals surface area (Å²) in [5.74, 6) is -0.791. The van der Waals surface area contributed by atoms with Crippen molar-refractivity contribution in [2.45, 2.75) is 57.7 Å². The molecule has 0 radical (unpaired) electrons. The molecular weight excluding hydrogens is 330 g/mol. The highest BCUT2D eigenvalue weighted by Gasteiger charge is 2.47. The summed E-state index contributed by atoms with van der Waals surface area (Å²) in [7, 11) is 0. The minimum absolute atomic E-state index is 0.100. The van der Waals surface area contributed by atoms with Gasteiger partial charge in [0.05, 0.1) is 0 Å². The van der Waals surface area contributed by atoms with E-state index in [1.807, 2.05) is 32.0 Å². The Kier molecular flexibility index (Phi) is 8.07. The van der Waals surface area contributed by atoms with Crippen molar-refractivity contribution in [1.82, 2.24) is 4.90 Å². The Morgan fingerprint density at radius 2 is 1.81 bits per heavy atom. The first-order valence-corrected chi connectivity index (χ1v) is 9.87. The van der Waals surface area contributed by atoms with Gasteiger partial charge in [-0.3, -0.25) is 0 Å². The summed E-state index contributed by atoms with van der Waals surface area (Å²) in [5.41, 5.74) is -1.06. The summed E-state index contributed by atoms with van der Waals surface area (Å²) in [5, 5.41) is 21.6. The molecule has 0 bridgehead atoms. The number of ether oxygens (including phenoxy) is 1. The van der Waals surface area contributed by atoms with Crippen LogP contribution in [-0.2, 0) is 15.1 Å². The van der Waals surface area contributed by atoms with Gasteiger partial charge in [-0.05, 0) is 31.5 Å². The number of carbonyl (C=O) groups excluding carboxylic acids is 1. The molecule has 1 aliphatic carbocycles. The highest BCUT2D eigenvalue weighted by Crippen LogP contribution is 2.40. The van der Waals surface area contributed by atoms with Gasteiger partial charge in [0, 0.05) is 12.5 Å². The van der Waals surface area contributed by atoms with Crippen LogP contribution in [0.25, 0.3) is 0 Å². The molecule has 1 aromatic carbocycles. The number of nitrogens with zero attached hydrogens (tertiary/aromatic N) is 1. The van der Waals surface area contributed by atoms with E-state index in [0.29, 0.717) is 12.1 Å². The summed E-state index contributed by atoms with van der Waals surface area (Å²) < 4.78 is 5.40. The number of aliphatic hydroxyl groups excluding tert-OH is 1. The SMILES string of the molecule is CCN(CC)C[C@@H](O)COC(=O)[C@@](O)(c1ccccc1)C1CCCCC1. The second-order valence-corrected chi connectivity index (χ2v) is 7.21. The Morgan fingerprint density at radius 1 is 1.19 bits per heavy atom. The van der Waals surface area contributed by atoms with Crippen molar-refractivity contribution in [3.05, 3.63) is 35.9 Å². The highest BCUT2D eigenvalue weighted by atomic mass is 16.6. The Hall–Kier alpha value is -1.43. The van der Waals surface area contributed by atoms with Gasteiger partial charge in [0.15, 0.2) is 5.60 Å². The summed E-state index contributed by atoms with van der Waals surface area (Å²) in [6.45, 7) is 6.07. The second kappa shape index (κ2) is 10.0. The first kappa shape index (κ1) is 20.9. The van der Waals surface area contributed by atoms with Gasteiger partial charge in [-0.15, -0.1) is 0 Å². The standard InChI is InChI=1S/C21H33NO4/c1-3-22(4-2)15-19(23)16-26-20(24)21(25,17-11-7-5-8-12-17)18-13-9-6-10-14-18/h5,7-8,11-12,18-19,23,25H,3-4,6,9-10,13-16H2,1-2H3/t19-,21-/m1/s1. The van der Waals surface area contributed by atoms with Gasteiger partial charge in [-0.2, -0.15) is 0 Å². The Labute approximate surface area is 157 Å². The van der Waals surface area contributed by atoms with Crippen molar-refractivity contribution < 1.29 is 19.7 Å². The van der Waals surface area contributed by atoms with E-state index in [1.165, 1.54) is 0 Å². The van der Waals surface area contributed by atoms with Crippen LogP contribution in [0.4, 0.5) is 0 Å². The Morgan fingerprint density at radius 3 is 2.38 bits per heavy atom. The molecule has 2 atom stereocenters. The largest absolute Gasteiger partial charge is 0.460 e. The number of hydrogen-bond acceptors (Lipinski definition) is 5. The molecule has 5 heteroatoms. The molecule has 0 aliphatic heterocycles. The molecule has 0 spiro atoms. The number of rotatable bonds is 9. The normalized spacial score (nSPS) is 19.1. The minimum atomic E-state index is -1.64. The fourth-order valence-corrected chi connectivity index (χ4v) is 3.85. The fourth-order valence-electron chi connectivity index (χ4n) is 3.85. The number of likely N-dealkylation sites (N-methyl/N-ethyl adjacent to an activating group) is 1. The molecule has 0 amide bonds. The third-order valence-corrected chi connectivity index (χ3v) is 5.49. The summed E-state index contributed by atoms with van der Waals surface area (Å²) in [6.07, 6.45) is 4.02. The average molecular weight is 363 g/mol. The van der Waals surface area contributed by atoms with E-state index in [1.54, 1.807) is 12.1 Å². The zero-order valence-electron chi connectivity index (χ0n) is 16.1. The maximum absolute atomic E-state index is 12.9. The monoisotopic (exact) mass is 363 g/mol. The van der Waals surface area contributed by atoms with Crippen molar-refractivity contribution >= 4 is 5.97 Å². The summed E-state index contributed by atoms with van der Waals surface area (Å²) >= 11 is 0. The van der Waals surface area contributed by atoms with Crippen molar-refractivity contribution in [2.75, 3.05) is 26.2 Å². The van der Waals surface area contributed by atoms with E-state index >= 15 is 0 Å². The van der Waals surface area contributed by atoms with Gasteiger partial charge < -0.3 is 19.8 Å². The van der Waals surface area contributed by atoms with E-state index in [-0.39, 0.29) is 12.5 Å². The number of carbonyl (C=O) groups is 1. The minimum Gasteiger partial charge on any atom is -0.460 e. The fraction of sp³-hybridized carbons (Fsp3) is 0.667. The number of hydrogen-bond donors (Lipinski definition) is 2. The predicted octanol–water partition coefficient (Wildman–Crippen LogP) is 2.70. The maximum atomic E-state index is 12.9. The van der Waals surface area contributed by atoms with Gasteiger partial charge in [-0.1, -0.05) is 63.4 Å². The third kappa shape index (κ3) is 5.06. The van der Waals surface area contributed by atoms with Crippen LogP contribution in [0.2, 0.25) is 0 Å². The van der Waals surface area contributed by atoms with Crippen LogP contribution in [0, 0.1) is 5.92 Å². The van der Waals surface area contributed by atoms with Crippen molar-refractivity contribution in [3.8, 4) is 0 Å². The first-order valence-electron chi connectivity index (χ1n) is 9.87. The summed E-state index contributed by atoms with van der Waals surface area (Å²) in [6, 6.07) is 9.08. The van der Waals surface area contributed by atoms with E-state index in [9.17, 15) is 15.0 Å². The number of aliphatic hydroxyl groups is 2. The van der Waals surface area contributed by atoms with E-state index in [0.717, 1.165) is 45.2 Å². The molecule has 5 nitrogen and oxygen atoms in total. The lowest BCUT2D eigenvalue weighted by Crippen LogP contribution is -2.46. The summed E-state index contributed by atoms with van der Waals surface area (Å²) in [4.78, 5) is 15.0. The molecule has 1 aromatic rings. The van der Waals surface area contributed by atoms with Crippen LogP contribution >= 0.6 is 0 Å². The van der Waals surface area contributed by atoms with Crippen LogP contribution in [-0.4, -0.2) is 53.4 Å². The molecule has 2 rings (SSSR count). The molecule has 26 heavy (non-hydrogen) atoms. The van der Waals surface area contributed by atoms with Gasteiger partial charge in [0.2, 0.25) is 0 Å². The molecule has 0 saturated heterocycles. The van der Waals surface area contributed by atoms with E-state index < -0.39 is 17.7 Å². The van der Waals surface area contributed by atoms with Crippen molar-refractivity contribution in [2.24, 2.45) is 5.92 Å². The lowest BCUT2D eigenvalue weighted by atomic mass is 9.73. The number of esters is 1. The maximum Gasteiger partial charge on any atom is 0.343 e. The zero-order chi connectivity index (χ0) is 19.0. The molecular formula is C21H33NO4. The number of benzene rings is 1. The Bertz CT molecular complexity index is 540. The van der Waals surface area contributed by atoms with Crippen LogP contribution in [0.3, 0.4) is 0 Å². The van der Waals surface area contributed by atoms with Crippen LogP contribution in [0.1, 0.15) is 51.5 Å². The van der Waals surface area contributed by atoms with Crippen molar-refractivity contribution in [1.29, 1.82) is 0 Å².